The molecule has 0 saturated heterocycles. The molecule has 0 spiro atoms. The second kappa shape index (κ2) is 4.88. The molecule has 0 amide bonds. The van der Waals surface area contributed by atoms with Crippen LogP contribution in [-0.2, 0) is 10.2 Å². The van der Waals surface area contributed by atoms with E-state index in [0.717, 1.165) is 12.5 Å². The second-order valence-electron chi connectivity index (χ2n) is 4.65. The Bertz CT molecular complexity index is 521. The number of rotatable bonds is 4. The first-order valence-electron chi connectivity index (χ1n) is 5.96. The summed E-state index contributed by atoms with van der Waals surface area (Å²) < 4.78 is 45.4. The quantitative estimate of drug-likeness (QED) is 0.925. The van der Waals surface area contributed by atoms with Gasteiger partial charge in [-0.05, 0) is 30.5 Å². The van der Waals surface area contributed by atoms with Gasteiger partial charge < -0.3 is 14.6 Å². The monoisotopic (exact) mass is 290 g/mol. The van der Waals surface area contributed by atoms with Gasteiger partial charge in [0.15, 0.2) is 11.5 Å². The number of alkyl halides is 3. The fraction of sp³-hybridized carbons (Fsp3) is 0.462. The number of hydrogen-bond acceptors (Lipinski definition) is 3. The van der Waals surface area contributed by atoms with Crippen molar-refractivity contribution in [2.75, 3.05) is 7.11 Å². The lowest BCUT2D eigenvalue weighted by Crippen LogP contribution is -2.42. The van der Waals surface area contributed by atoms with Crippen LogP contribution in [0.25, 0.3) is 0 Å². The maximum Gasteiger partial charge on any atom is 0.573 e. The normalized spacial score (nSPS) is 17.2. The van der Waals surface area contributed by atoms with E-state index in [1.54, 1.807) is 0 Å². The highest BCUT2D eigenvalue weighted by Gasteiger charge is 2.46. The molecule has 4 nitrogen and oxygen atoms in total. The van der Waals surface area contributed by atoms with Crippen LogP contribution in [0.3, 0.4) is 0 Å². The van der Waals surface area contributed by atoms with Crippen LogP contribution in [-0.4, -0.2) is 24.5 Å². The zero-order valence-electron chi connectivity index (χ0n) is 10.7. The van der Waals surface area contributed by atoms with Crippen LogP contribution >= 0.6 is 0 Å². The number of hydrogen-bond donors (Lipinski definition) is 1. The van der Waals surface area contributed by atoms with Crippen molar-refractivity contribution in [3.8, 4) is 11.5 Å². The van der Waals surface area contributed by atoms with E-state index >= 15 is 0 Å². The largest absolute Gasteiger partial charge is 0.573 e. The van der Waals surface area contributed by atoms with E-state index in [9.17, 15) is 23.1 Å². The van der Waals surface area contributed by atoms with Crippen molar-refractivity contribution in [3.63, 3.8) is 0 Å². The van der Waals surface area contributed by atoms with Crippen LogP contribution in [0, 0.1) is 0 Å². The molecule has 1 fully saturated rings. The Morgan fingerprint density at radius 3 is 2.35 bits per heavy atom. The highest BCUT2D eigenvalue weighted by atomic mass is 19.4. The number of benzene rings is 1. The molecule has 2 rings (SSSR count). The van der Waals surface area contributed by atoms with Crippen LogP contribution in [0.2, 0.25) is 0 Å². The van der Waals surface area contributed by atoms with Gasteiger partial charge in [-0.15, -0.1) is 13.2 Å². The Balaban J connectivity index is 2.37. The first kappa shape index (κ1) is 14.5. The number of carboxylic acids is 1. The third-order valence-electron chi connectivity index (χ3n) is 3.56. The summed E-state index contributed by atoms with van der Waals surface area (Å²) >= 11 is 0. The topological polar surface area (TPSA) is 55.8 Å². The van der Waals surface area contributed by atoms with Gasteiger partial charge in [0, 0.05) is 0 Å². The Labute approximate surface area is 113 Å². The number of methoxy groups -OCH3 is 1. The molecule has 1 aliphatic rings. The predicted molar refractivity (Wildman–Crippen MR) is 62.8 cm³/mol. The van der Waals surface area contributed by atoms with E-state index < -0.39 is 23.5 Å². The summed E-state index contributed by atoms with van der Waals surface area (Å²) in [6.07, 6.45) is -3.12. The van der Waals surface area contributed by atoms with Crippen molar-refractivity contribution in [3.05, 3.63) is 23.8 Å². The maximum absolute atomic E-state index is 12.2. The molecule has 0 heterocycles. The molecule has 0 unspecified atom stereocenters. The number of ether oxygens (including phenoxy) is 2. The van der Waals surface area contributed by atoms with Crippen LogP contribution in [0.15, 0.2) is 18.2 Å². The number of carboxylic acid groups (broad SMARTS) is 1. The van der Waals surface area contributed by atoms with Gasteiger partial charge in [0.05, 0.1) is 12.5 Å². The summed E-state index contributed by atoms with van der Waals surface area (Å²) in [4.78, 5) is 11.4. The molecule has 0 aromatic heterocycles. The van der Waals surface area contributed by atoms with Gasteiger partial charge >= 0.3 is 12.3 Å². The molecule has 1 N–H and O–H groups in total. The lowest BCUT2D eigenvalue weighted by Gasteiger charge is -2.38. The first-order valence-corrected chi connectivity index (χ1v) is 5.96. The summed E-state index contributed by atoms with van der Waals surface area (Å²) in [7, 11) is 1.20. The molecule has 20 heavy (non-hydrogen) atoms. The van der Waals surface area contributed by atoms with E-state index in [4.69, 9.17) is 4.74 Å². The van der Waals surface area contributed by atoms with E-state index in [-0.39, 0.29) is 5.75 Å². The molecule has 1 aromatic rings. The van der Waals surface area contributed by atoms with Gasteiger partial charge in [0.1, 0.15) is 0 Å². The number of carbonyl (C=O) groups is 1. The van der Waals surface area contributed by atoms with Crippen molar-refractivity contribution in [1.29, 1.82) is 0 Å². The molecular formula is C13H13F3O4. The van der Waals surface area contributed by atoms with Crippen molar-refractivity contribution in [2.24, 2.45) is 0 Å². The van der Waals surface area contributed by atoms with Gasteiger partial charge in [0.2, 0.25) is 0 Å². The fourth-order valence-corrected chi connectivity index (χ4v) is 2.33. The summed E-state index contributed by atoms with van der Waals surface area (Å²) in [5.74, 6) is -1.59. The summed E-state index contributed by atoms with van der Waals surface area (Å²) in [6, 6.07) is 3.73. The minimum absolute atomic E-state index is 0.132. The fourth-order valence-electron chi connectivity index (χ4n) is 2.33. The third kappa shape index (κ3) is 2.52. The van der Waals surface area contributed by atoms with E-state index in [1.165, 1.54) is 19.2 Å². The molecule has 110 valence electrons. The van der Waals surface area contributed by atoms with Gasteiger partial charge in [0.25, 0.3) is 0 Å². The number of aliphatic carboxylic acids is 1. The molecular weight excluding hydrogens is 277 g/mol. The zero-order chi connectivity index (χ0) is 15.0. The third-order valence-corrected chi connectivity index (χ3v) is 3.56. The van der Waals surface area contributed by atoms with Gasteiger partial charge in [-0.2, -0.15) is 0 Å². The van der Waals surface area contributed by atoms with Crippen molar-refractivity contribution >= 4 is 5.97 Å². The van der Waals surface area contributed by atoms with Crippen molar-refractivity contribution in [2.45, 2.75) is 31.0 Å². The van der Waals surface area contributed by atoms with E-state index in [0.29, 0.717) is 18.4 Å². The van der Waals surface area contributed by atoms with E-state index in [1.807, 2.05) is 0 Å². The van der Waals surface area contributed by atoms with Crippen LogP contribution < -0.4 is 9.47 Å². The van der Waals surface area contributed by atoms with Gasteiger partial charge in [-0.1, -0.05) is 12.5 Å². The second-order valence-corrected chi connectivity index (χ2v) is 4.65. The molecule has 1 saturated carbocycles. The minimum atomic E-state index is -4.82. The van der Waals surface area contributed by atoms with Crippen LogP contribution in [0.4, 0.5) is 13.2 Å². The Kier molecular flexibility index (Phi) is 3.54. The van der Waals surface area contributed by atoms with Gasteiger partial charge in [-0.25, -0.2) is 0 Å². The van der Waals surface area contributed by atoms with E-state index in [2.05, 4.69) is 4.74 Å². The predicted octanol–water partition coefficient (Wildman–Crippen LogP) is 3.10. The number of halogens is 3. The Morgan fingerprint density at radius 2 is 1.95 bits per heavy atom. The summed E-state index contributed by atoms with van der Waals surface area (Å²) in [5, 5.41) is 9.30. The molecule has 0 bridgehead atoms. The first-order chi connectivity index (χ1) is 9.28. The molecule has 1 aliphatic carbocycles. The molecule has 0 aliphatic heterocycles. The zero-order valence-corrected chi connectivity index (χ0v) is 10.7. The van der Waals surface area contributed by atoms with Crippen LogP contribution in [0.1, 0.15) is 24.8 Å². The highest BCUT2D eigenvalue weighted by Crippen LogP contribution is 2.46. The average molecular weight is 290 g/mol. The van der Waals surface area contributed by atoms with Crippen LogP contribution in [0.5, 0.6) is 11.5 Å². The molecule has 0 atom stereocenters. The molecule has 0 radical (unpaired) electrons. The summed E-state index contributed by atoms with van der Waals surface area (Å²) in [5.41, 5.74) is -0.591. The lowest BCUT2D eigenvalue weighted by molar-refractivity contribution is -0.275. The Hall–Kier alpha value is -1.92. The average Bonchev–Trinajstić information content (AvgIpc) is 2.26. The summed E-state index contributed by atoms with van der Waals surface area (Å²) in [6.45, 7) is 0. The van der Waals surface area contributed by atoms with Crippen molar-refractivity contribution < 1.29 is 32.5 Å². The standard InChI is InChI=1S/C13H13F3O4/c1-19-10-7-8(12(11(17)18)5-2-6-12)3-4-9(10)20-13(14,15)16/h3-4,7H,2,5-6H2,1H3,(H,17,18). The Morgan fingerprint density at radius 1 is 1.30 bits per heavy atom. The maximum atomic E-state index is 12.2. The molecule has 7 heteroatoms. The minimum Gasteiger partial charge on any atom is -0.493 e. The van der Waals surface area contributed by atoms with Crippen molar-refractivity contribution in [1.82, 2.24) is 0 Å². The smallest absolute Gasteiger partial charge is 0.493 e. The lowest BCUT2D eigenvalue weighted by atomic mass is 9.64. The SMILES string of the molecule is COc1cc(C2(C(=O)O)CCC2)ccc1OC(F)(F)F. The van der Waals surface area contributed by atoms with Gasteiger partial charge in [-0.3, -0.25) is 4.79 Å². The highest BCUT2D eigenvalue weighted by molar-refractivity contribution is 5.83. The molecule has 1 aromatic carbocycles.